The molecule has 0 spiro atoms. The van der Waals surface area contributed by atoms with Crippen LogP contribution in [0.4, 0.5) is 0 Å². The second-order valence-corrected chi connectivity index (χ2v) is 5.14. The Morgan fingerprint density at radius 1 is 1.47 bits per heavy atom. The third-order valence-corrected chi connectivity index (χ3v) is 3.65. The molecule has 2 rings (SSSR count). The summed E-state index contributed by atoms with van der Waals surface area (Å²) in [6.45, 7) is 2.55. The number of benzene rings is 1. The van der Waals surface area contributed by atoms with Crippen molar-refractivity contribution in [3.63, 3.8) is 0 Å². The van der Waals surface area contributed by atoms with Crippen molar-refractivity contribution in [2.45, 2.75) is 18.2 Å². The van der Waals surface area contributed by atoms with E-state index in [4.69, 9.17) is 0 Å². The van der Waals surface area contributed by atoms with Gasteiger partial charge in [0.2, 0.25) is 0 Å². The lowest BCUT2D eigenvalue weighted by molar-refractivity contribution is 0.0953. The van der Waals surface area contributed by atoms with Crippen LogP contribution in [0.2, 0.25) is 0 Å². The first-order valence-corrected chi connectivity index (χ1v) is 7.33. The normalized spacial score (nSPS) is 10.4. The molecule has 0 bridgehead atoms. The number of aromatic nitrogens is 2. The Morgan fingerprint density at radius 2 is 2.32 bits per heavy atom. The highest BCUT2D eigenvalue weighted by Gasteiger charge is 2.09. The maximum Gasteiger partial charge on any atom is 0.251 e. The number of aromatic amines is 1. The van der Waals surface area contributed by atoms with Gasteiger partial charge in [0.1, 0.15) is 0 Å². The lowest BCUT2D eigenvalue weighted by Gasteiger charge is -2.08. The van der Waals surface area contributed by atoms with E-state index in [1.807, 2.05) is 31.4 Å². The van der Waals surface area contributed by atoms with E-state index in [2.05, 4.69) is 15.3 Å². The molecule has 0 fully saturated rings. The number of imidazole rings is 1. The van der Waals surface area contributed by atoms with E-state index in [-0.39, 0.29) is 5.91 Å². The Balaban J connectivity index is 1.95. The average Bonchev–Trinajstić information content (AvgIpc) is 2.92. The molecule has 0 saturated carbocycles. The van der Waals surface area contributed by atoms with Crippen LogP contribution in [-0.4, -0.2) is 28.7 Å². The molecule has 19 heavy (non-hydrogen) atoms. The van der Waals surface area contributed by atoms with Crippen LogP contribution in [0.1, 0.15) is 21.6 Å². The van der Waals surface area contributed by atoms with Gasteiger partial charge in [0, 0.05) is 35.3 Å². The summed E-state index contributed by atoms with van der Waals surface area (Å²) in [6, 6.07) is 5.95. The predicted octanol–water partition coefficient (Wildman–Crippen LogP) is 2.41. The van der Waals surface area contributed by atoms with Crippen molar-refractivity contribution < 1.29 is 4.79 Å². The van der Waals surface area contributed by atoms with E-state index in [0.29, 0.717) is 6.54 Å². The molecule has 0 radical (unpaired) electrons. The van der Waals surface area contributed by atoms with E-state index in [1.165, 1.54) is 0 Å². The quantitative estimate of drug-likeness (QED) is 0.824. The van der Waals surface area contributed by atoms with E-state index < -0.39 is 0 Å². The second-order valence-electron chi connectivity index (χ2n) is 4.26. The molecule has 1 heterocycles. The number of amides is 1. The Kier molecular flexibility index (Phi) is 4.63. The number of H-pyrrole nitrogens is 1. The molecular formula is C14H17N3OS. The molecule has 1 amide bonds. The zero-order valence-electron chi connectivity index (χ0n) is 11.1. The molecule has 5 heteroatoms. The van der Waals surface area contributed by atoms with Crippen LogP contribution in [0.3, 0.4) is 0 Å². The van der Waals surface area contributed by atoms with Crippen molar-refractivity contribution >= 4 is 17.7 Å². The van der Waals surface area contributed by atoms with Crippen LogP contribution < -0.4 is 5.32 Å². The van der Waals surface area contributed by atoms with Crippen LogP contribution in [0.25, 0.3) is 0 Å². The van der Waals surface area contributed by atoms with Crippen LogP contribution in [0, 0.1) is 6.92 Å². The fraction of sp³-hybridized carbons (Fsp3) is 0.286. The van der Waals surface area contributed by atoms with Gasteiger partial charge in [-0.2, -0.15) is 0 Å². The maximum absolute atomic E-state index is 12.1. The van der Waals surface area contributed by atoms with Crippen LogP contribution >= 0.6 is 11.8 Å². The molecule has 1 aromatic heterocycles. The molecule has 100 valence electrons. The number of nitrogens with one attached hydrogen (secondary N) is 2. The number of carbonyl (C=O) groups is 1. The van der Waals surface area contributed by atoms with E-state index >= 15 is 0 Å². The fourth-order valence-corrected chi connectivity index (χ4v) is 2.24. The van der Waals surface area contributed by atoms with Gasteiger partial charge in [0.25, 0.3) is 5.91 Å². The van der Waals surface area contributed by atoms with Gasteiger partial charge < -0.3 is 10.3 Å². The van der Waals surface area contributed by atoms with Crippen molar-refractivity contribution in [2.24, 2.45) is 0 Å². The first kappa shape index (κ1) is 13.7. The number of nitrogens with zero attached hydrogens (tertiary/aromatic N) is 1. The first-order valence-electron chi connectivity index (χ1n) is 6.11. The Bertz CT molecular complexity index is 552. The van der Waals surface area contributed by atoms with E-state index in [0.717, 1.165) is 28.1 Å². The Labute approximate surface area is 117 Å². The standard InChI is InChI=1S/C14H17N3OS/c1-10-3-4-12(19-2)7-13(10)14(18)16-6-5-11-8-15-9-17-11/h3-4,7-9H,5-6H2,1-2H3,(H,15,17)(H,16,18). The lowest BCUT2D eigenvalue weighted by atomic mass is 10.1. The lowest BCUT2D eigenvalue weighted by Crippen LogP contribution is -2.26. The zero-order chi connectivity index (χ0) is 13.7. The molecule has 0 saturated heterocycles. The smallest absolute Gasteiger partial charge is 0.251 e. The molecule has 2 aromatic rings. The molecule has 0 aliphatic rings. The van der Waals surface area contributed by atoms with Crippen molar-refractivity contribution in [1.82, 2.24) is 15.3 Å². The molecule has 2 N–H and O–H groups in total. The highest BCUT2D eigenvalue weighted by molar-refractivity contribution is 7.98. The maximum atomic E-state index is 12.1. The minimum Gasteiger partial charge on any atom is -0.352 e. The van der Waals surface area contributed by atoms with Crippen molar-refractivity contribution in [2.75, 3.05) is 12.8 Å². The summed E-state index contributed by atoms with van der Waals surface area (Å²) < 4.78 is 0. The predicted molar refractivity (Wildman–Crippen MR) is 77.6 cm³/mol. The van der Waals surface area contributed by atoms with Crippen LogP contribution in [0.15, 0.2) is 35.6 Å². The Morgan fingerprint density at radius 3 is 3.00 bits per heavy atom. The molecular weight excluding hydrogens is 258 g/mol. The van der Waals surface area contributed by atoms with Gasteiger partial charge in [-0.25, -0.2) is 4.98 Å². The van der Waals surface area contributed by atoms with Gasteiger partial charge in [-0.15, -0.1) is 11.8 Å². The van der Waals surface area contributed by atoms with Crippen LogP contribution in [-0.2, 0) is 6.42 Å². The Hall–Kier alpha value is -1.75. The average molecular weight is 275 g/mol. The monoisotopic (exact) mass is 275 g/mol. The van der Waals surface area contributed by atoms with Gasteiger partial charge in [0.05, 0.1) is 6.33 Å². The van der Waals surface area contributed by atoms with Crippen LogP contribution in [0.5, 0.6) is 0 Å². The highest BCUT2D eigenvalue weighted by atomic mass is 32.2. The van der Waals surface area contributed by atoms with Crippen molar-refractivity contribution in [3.8, 4) is 0 Å². The number of hydrogen-bond acceptors (Lipinski definition) is 3. The molecule has 0 aliphatic carbocycles. The summed E-state index contributed by atoms with van der Waals surface area (Å²) in [5.41, 5.74) is 2.77. The number of rotatable bonds is 5. The SMILES string of the molecule is CSc1ccc(C)c(C(=O)NCCc2cnc[nH]2)c1. The second kappa shape index (κ2) is 6.43. The summed E-state index contributed by atoms with van der Waals surface area (Å²) in [6.07, 6.45) is 6.17. The number of carbonyl (C=O) groups excluding carboxylic acids is 1. The minimum atomic E-state index is -0.0204. The van der Waals surface area contributed by atoms with Gasteiger partial charge in [-0.05, 0) is 30.9 Å². The molecule has 0 unspecified atom stereocenters. The third-order valence-electron chi connectivity index (χ3n) is 2.92. The summed E-state index contributed by atoms with van der Waals surface area (Å²) >= 11 is 1.64. The topological polar surface area (TPSA) is 57.8 Å². The van der Waals surface area contributed by atoms with Gasteiger partial charge in [-0.3, -0.25) is 4.79 Å². The summed E-state index contributed by atoms with van der Waals surface area (Å²) in [5.74, 6) is -0.0204. The van der Waals surface area contributed by atoms with Gasteiger partial charge in [0.15, 0.2) is 0 Å². The van der Waals surface area contributed by atoms with Crippen molar-refractivity contribution in [3.05, 3.63) is 47.5 Å². The molecule has 0 atom stereocenters. The van der Waals surface area contributed by atoms with Gasteiger partial charge >= 0.3 is 0 Å². The van der Waals surface area contributed by atoms with E-state index in [1.54, 1.807) is 24.3 Å². The van der Waals surface area contributed by atoms with Crippen molar-refractivity contribution in [1.29, 1.82) is 0 Å². The summed E-state index contributed by atoms with van der Waals surface area (Å²) in [7, 11) is 0. The summed E-state index contributed by atoms with van der Waals surface area (Å²) in [5, 5.41) is 2.93. The molecule has 4 nitrogen and oxygen atoms in total. The summed E-state index contributed by atoms with van der Waals surface area (Å²) in [4.78, 5) is 20.2. The van der Waals surface area contributed by atoms with Gasteiger partial charge in [-0.1, -0.05) is 6.07 Å². The minimum absolute atomic E-state index is 0.0204. The fourth-order valence-electron chi connectivity index (χ4n) is 1.80. The van der Waals surface area contributed by atoms with E-state index in [9.17, 15) is 4.79 Å². The third kappa shape index (κ3) is 3.61. The number of hydrogen-bond donors (Lipinski definition) is 2. The molecule has 1 aromatic carbocycles. The first-order chi connectivity index (χ1) is 9.20. The zero-order valence-corrected chi connectivity index (χ0v) is 11.9. The number of aryl methyl sites for hydroxylation is 1. The number of thioether (sulfide) groups is 1. The largest absolute Gasteiger partial charge is 0.352 e. The highest BCUT2D eigenvalue weighted by Crippen LogP contribution is 2.18. The molecule has 0 aliphatic heterocycles.